The van der Waals surface area contributed by atoms with Gasteiger partial charge in [0, 0.05) is 0 Å². The first-order chi connectivity index (χ1) is 10.6. The van der Waals surface area contributed by atoms with Crippen molar-refractivity contribution in [1.82, 2.24) is 4.31 Å². The van der Waals surface area contributed by atoms with Crippen LogP contribution in [0.4, 0.5) is 0 Å². The molecule has 116 valence electrons. The van der Waals surface area contributed by atoms with Crippen molar-refractivity contribution in [3.63, 3.8) is 0 Å². The molecule has 0 atom stereocenters. The second kappa shape index (κ2) is 6.29. The number of furan rings is 2. The highest BCUT2D eigenvalue weighted by molar-refractivity contribution is 7.91. The lowest BCUT2D eigenvalue weighted by Gasteiger charge is -2.19. The molecule has 0 fully saturated rings. The maximum absolute atomic E-state index is 12.8. The third-order valence-electron chi connectivity index (χ3n) is 2.97. The summed E-state index contributed by atoms with van der Waals surface area (Å²) in [6.45, 7) is 0.233. The van der Waals surface area contributed by atoms with Crippen LogP contribution in [-0.2, 0) is 23.1 Å². The van der Waals surface area contributed by atoms with Crippen LogP contribution in [-0.4, -0.2) is 12.7 Å². The van der Waals surface area contributed by atoms with Crippen molar-refractivity contribution in [2.75, 3.05) is 0 Å². The van der Waals surface area contributed by atoms with E-state index >= 15 is 0 Å². The Balaban J connectivity index is 1.93. The van der Waals surface area contributed by atoms with E-state index in [0.29, 0.717) is 15.9 Å². The zero-order valence-electron chi connectivity index (χ0n) is 11.3. The number of hydrogen-bond acceptors (Lipinski definition) is 5. The number of hydrogen-bond donors (Lipinski definition) is 0. The van der Waals surface area contributed by atoms with Gasteiger partial charge < -0.3 is 8.83 Å². The minimum Gasteiger partial charge on any atom is -0.468 e. The van der Waals surface area contributed by atoms with E-state index in [2.05, 4.69) is 0 Å². The Morgan fingerprint density at radius 1 is 1.00 bits per heavy atom. The van der Waals surface area contributed by atoms with Gasteiger partial charge in [-0.1, -0.05) is 11.6 Å². The molecule has 0 saturated heterocycles. The summed E-state index contributed by atoms with van der Waals surface area (Å²) in [4.78, 5) is 0. The fourth-order valence-corrected chi connectivity index (χ4v) is 4.95. The van der Waals surface area contributed by atoms with Crippen LogP contribution in [0, 0.1) is 0 Å². The highest BCUT2D eigenvalue weighted by atomic mass is 35.5. The highest BCUT2D eigenvalue weighted by Gasteiger charge is 2.28. The lowest BCUT2D eigenvalue weighted by atomic mass is 10.4. The predicted molar refractivity (Wildman–Crippen MR) is 83.2 cm³/mol. The average Bonchev–Trinajstić information content (AvgIpc) is 3.19. The van der Waals surface area contributed by atoms with Crippen LogP contribution < -0.4 is 0 Å². The minimum atomic E-state index is -3.68. The van der Waals surface area contributed by atoms with Crippen LogP contribution in [0.2, 0.25) is 4.34 Å². The van der Waals surface area contributed by atoms with Gasteiger partial charge in [0.25, 0.3) is 10.0 Å². The van der Waals surface area contributed by atoms with Crippen molar-refractivity contribution in [2.45, 2.75) is 17.3 Å². The standard InChI is InChI=1S/C14H12ClNO4S2/c15-13-5-6-14(21-13)22(17,18)16(9-11-3-1-7-19-11)10-12-4-2-8-20-12/h1-8H,9-10H2. The molecule has 3 aromatic heterocycles. The fourth-order valence-electron chi connectivity index (χ4n) is 1.94. The maximum Gasteiger partial charge on any atom is 0.253 e. The predicted octanol–water partition coefficient (Wildman–Crippen LogP) is 3.98. The van der Waals surface area contributed by atoms with Crippen molar-refractivity contribution in [3.8, 4) is 0 Å². The Kier molecular flexibility index (Phi) is 4.39. The third kappa shape index (κ3) is 3.27. The van der Waals surface area contributed by atoms with Crippen LogP contribution in [0.5, 0.6) is 0 Å². The molecular weight excluding hydrogens is 346 g/mol. The molecule has 0 aliphatic heterocycles. The molecule has 22 heavy (non-hydrogen) atoms. The van der Waals surface area contributed by atoms with Gasteiger partial charge >= 0.3 is 0 Å². The summed E-state index contributed by atoms with van der Waals surface area (Å²) in [6.07, 6.45) is 3.02. The molecule has 0 aromatic carbocycles. The van der Waals surface area contributed by atoms with Crippen molar-refractivity contribution < 1.29 is 17.3 Å². The number of rotatable bonds is 6. The van der Waals surface area contributed by atoms with E-state index in [9.17, 15) is 8.42 Å². The second-order valence-corrected chi connectivity index (χ2v) is 8.37. The van der Waals surface area contributed by atoms with Gasteiger partial charge in [0.1, 0.15) is 15.7 Å². The molecule has 3 heterocycles. The minimum absolute atomic E-state index is 0.117. The molecule has 3 rings (SSSR count). The molecule has 0 bridgehead atoms. The summed E-state index contributed by atoms with van der Waals surface area (Å²) in [5.41, 5.74) is 0. The molecule has 0 saturated carbocycles. The van der Waals surface area contributed by atoms with Crippen LogP contribution in [0.1, 0.15) is 11.5 Å². The number of nitrogens with zero attached hydrogens (tertiary/aromatic N) is 1. The first kappa shape index (κ1) is 15.4. The molecule has 0 unspecified atom stereocenters. The van der Waals surface area contributed by atoms with E-state index in [0.717, 1.165) is 11.3 Å². The Morgan fingerprint density at radius 2 is 1.59 bits per heavy atom. The third-order valence-corrected chi connectivity index (χ3v) is 6.46. The topological polar surface area (TPSA) is 63.7 Å². The van der Waals surface area contributed by atoms with Gasteiger partial charge in [-0.2, -0.15) is 4.31 Å². The summed E-state index contributed by atoms with van der Waals surface area (Å²) < 4.78 is 38.0. The van der Waals surface area contributed by atoms with Crippen molar-refractivity contribution in [3.05, 3.63) is 64.8 Å². The Morgan fingerprint density at radius 3 is 2.00 bits per heavy atom. The molecule has 0 aliphatic rings. The summed E-state index contributed by atoms with van der Waals surface area (Å²) in [6, 6.07) is 9.96. The number of halogens is 1. The van der Waals surface area contributed by atoms with Gasteiger partial charge in [-0.05, 0) is 36.4 Å². The van der Waals surface area contributed by atoms with Crippen molar-refractivity contribution in [1.29, 1.82) is 0 Å². The summed E-state index contributed by atoms with van der Waals surface area (Å²) in [7, 11) is -3.68. The van der Waals surface area contributed by atoms with E-state index < -0.39 is 10.0 Å². The summed E-state index contributed by atoms with van der Waals surface area (Å²) in [5, 5.41) is 0. The van der Waals surface area contributed by atoms with Gasteiger partial charge in [0.15, 0.2) is 0 Å². The second-order valence-electron chi connectivity index (χ2n) is 4.49. The van der Waals surface area contributed by atoms with Crippen LogP contribution in [0.25, 0.3) is 0 Å². The molecule has 0 N–H and O–H groups in total. The number of sulfonamides is 1. The Bertz CT molecular complexity index is 786. The SMILES string of the molecule is O=S(=O)(c1ccc(Cl)s1)N(Cc1ccco1)Cc1ccco1. The Labute approximate surface area is 136 Å². The molecule has 0 amide bonds. The zero-order chi connectivity index (χ0) is 15.6. The largest absolute Gasteiger partial charge is 0.468 e. The first-order valence-electron chi connectivity index (χ1n) is 6.36. The van der Waals surface area contributed by atoms with Crippen LogP contribution >= 0.6 is 22.9 Å². The molecule has 5 nitrogen and oxygen atoms in total. The van der Waals surface area contributed by atoms with Gasteiger partial charge in [-0.25, -0.2) is 8.42 Å². The fraction of sp³-hybridized carbons (Fsp3) is 0.143. The summed E-state index contributed by atoms with van der Waals surface area (Å²) in [5.74, 6) is 1.11. The maximum atomic E-state index is 12.8. The van der Waals surface area contributed by atoms with Gasteiger partial charge in [0.05, 0.1) is 30.0 Å². The Hall–Kier alpha value is -1.54. The van der Waals surface area contributed by atoms with Gasteiger partial charge in [-0.3, -0.25) is 0 Å². The zero-order valence-corrected chi connectivity index (χ0v) is 13.7. The normalized spacial score (nSPS) is 12.1. The van der Waals surface area contributed by atoms with Crippen LogP contribution in [0.15, 0.2) is 62.0 Å². The van der Waals surface area contributed by atoms with E-state index in [1.54, 1.807) is 30.3 Å². The lowest BCUT2D eigenvalue weighted by Crippen LogP contribution is -2.29. The number of thiophene rings is 1. The van der Waals surface area contributed by atoms with E-state index in [4.69, 9.17) is 20.4 Å². The lowest BCUT2D eigenvalue weighted by molar-refractivity contribution is 0.331. The average molecular weight is 358 g/mol. The molecule has 0 spiro atoms. The molecular formula is C14H12ClNO4S2. The first-order valence-corrected chi connectivity index (χ1v) is 8.99. The van der Waals surface area contributed by atoms with E-state index in [-0.39, 0.29) is 17.3 Å². The summed E-state index contributed by atoms with van der Waals surface area (Å²) >= 11 is 6.88. The van der Waals surface area contributed by atoms with E-state index in [1.807, 2.05) is 0 Å². The van der Waals surface area contributed by atoms with E-state index in [1.165, 1.54) is 22.9 Å². The highest BCUT2D eigenvalue weighted by Crippen LogP contribution is 2.30. The molecule has 0 radical (unpaired) electrons. The molecule has 3 aromatic rings. The van der Waals surface area contributed by atoms with Crippen LogP contribution in [0.3, 0.4) is 0 Å². The quantitative estimate of drug-likeness (QED) is 0.669. The molecule has 0 aliphatic carbocycles. The monoisotopic (exact) mass is 357 g/mol. The molecule has 8 heteroatoms. The smallest absolute Gasteiger partial charge is 0.253 e. The van der Waals surface area contributed by atoms with Gasteiger partial charge in [0.2, 0.25) is 0 Å². The van der Waals surface area contributed by atoms with Gasteiger partial charge in [-0.15, -0.1) is 11.3 Å². The van der Waals surface area contributed by atoms with Crippen molar-refractivity contribution >= 4 is 33.0 Å². The van der Waals surface area contributed by atoms with Crippen molar-refractivity contribution in [2.24, 2.45) is 0 Å².